The Balaban J connectivity index is 1.67. The molecule has 4 aromatic rings. The van der Waals surface area contributed by atoms with Crippen molar-refractivity contribution in [3.8, 4) is 28.6 Å². The lowest BCUT2D eigenvalue weighted by Crippen LogP contribution is -2.05. The summed E-state index contributed by atoms with van der Waals surface area (Å²) in [7, 11) is 0. The van der Waals surface area contributed by atoms with Crippen LogP contribution in [0.3, 0.4) is 0 Å². The fraction of sp³-hybridized carbons (Fsp3) is 0.0476. The van der Waals surface area contributed by atoms with Crippen molar-refractivity contribution in [3.05, 3.63) is 66.2 Å². The zero-order valence-corrected chi connectivity index (χ0v) is 14.5. The molecule has 2 aromatic carbocycles. The predicted octanol–water partition coefficient (Wildman–Crippen LogP) is 4.12. The van der Waals surface area contributed by atoms with Gasteiger partial charge in [0.2, 0.25) is 5.91 Å². The molecule has 2 heterocycles. The van der Waals surface area contributed by atoms with Crippen LogP contribution in [0.25, 0.3) is 33.5 Å². The third-order valence-corrected chi connectivity index (χ3v) is 4.22. The number of nitriles is 1. The van der Waals surface area contributed by atoms with Gasteiger partial charge in [-0.25, -0.2) is 4.98 Å². The standard InChI is InChI=1S/C21H15N5O/c1-13(27)23-17-8-6-15(7-9-17)19-11-10-18-20(25-26-21(18)24-19)16-4-2-14(12-22)3-5-16/h2-11H,1H3,(H,23,27)(H,24,25,26). The first kappa shape index (κ1) is 16.5. The Morgan fingerprint density at radius 2 is 1.70 bits per heavy atom. The van der Waals surface area contributed by atoms with Crippen molar-refractivity contribution in [3.63, 3.8) is 0 Å². The Morgan fingerprint density at radius 3 is 2.37 bits per heavy atom. The highest BCUT2D eigenvalue weighted by Crippen LogP contribution is 2.28. The number of carbonyl (C=O) groups is 1. The summed E-state index contributed by atoms with van der Waals surface area (Å²) in [4.78, 5) is 15.8. The molecule has 2 aromatic heterocycles. The highest BCUT2D eigenvalue weighted by atomic mass is 16.1. The molecule has 0 saturated heterocycles. The number of rotatable bonds is 3. The maximum atomic E-state index is 11.1. The predicted molar refractivity (Wildman–Crippen MR) is 104 cm³/mol. The van der Waals surface area contributed by atoms with Gasteiger partial charge in [-0.05, 0) is 36.4 Å². The summed E-state index contributed by atoms with van der Waals surface area (Å²) in [6.45, 7) is 1.48. The fourth-order valence-corrected chi connectivity index (χ4v) is 2.92. The van der Waals surface area contributed by atoms with Crippen LogP contribution in [-0.4, -0.2) is 21.1 Å². The second kappa shape index (κ2) is 6.73. The van der Waals surface area contributed by atoms with Crippen LogP contribution in [0.2, 0.25) is 0 Å². The molecule has 6 nitrogen and oxygen atoms in total. The van der Waals surface area contributed by atoms with Gasteiger partial charge in [0, 0.05) is 29.1 Å². The van der Waals surface area contributed by atoms with E-state index < -0.39 is 0 Å². The molecule has 0 unspecified atom stereocenters. The molecular weight excluding hydrogens is 338 g/mol. The number of H-pyrrole nitrogens is 1. The molecule has 0 spiro atoms. The van der Waals surface area contributed by atoms with E-state index in [9.17, 15) is 4.79 Å². The average Bonchev–Trinajstić information content (AvgIpc) is 3.11. The van der Waals surface area contributed by atoms with Crippen LogP contribution in [0, 0.1) is 11.3 Å². The number of nitrogens with zero attached hydrogens (tertiary/aromatic N) is 3. The maximum Gasteiger partial charge on any atom is 0.221 e. The van der Waals surface area contributed by atoms with Crippen LogP contribution in [0.4, 0.5) is 5.69 Å². The van der Waals surface area contributed by atoms with Crippen LogP contribution >= 0.6 is 0 Å². The molecule has 2 N–H and O–H groups in total. The van der Waals surface area contributed by atoms with Crippen molar-refractivity contribution in [1.82, 2.24) is 15.2 Å². The molecule has 4 rings (SSSR count). The number of aromatic nitrogens is 3. The van der Waals surface area contributed by atoms with E-state index in [-0.39, 0.29) is 5.91 Å². The highest BCUT2D eigenvalue weighted by molar-refractivity contribution is 5.92. The topological polar surface area (TPSA) is 94.5 Å². The molecule has 0 bridgehead atoms. The summed E-state index contributed by atoms with van der Waals surface area (Å²) in [6, 6.07) is 20.9. The highest BCUT2D eigenvalue weighted by Gasteiger charge is 2.10. The van der Waals surface area contributed by atoms with E-state index in [0.29, 0.717) is 11.2 Å². The van der Waals surface area contributed by atoms with Crippen LogP contribution in [0.1, 0.15) is 12.5 Å². The quantitative estimate of drug-likeness (QED) is 0.579. The molecule has 0 aliphatic carbocycles. The van der Waals surface area contributed by atoms with Gasteiger partial charge in [-0.3, -0.25) is 9.89 Å². The number of hydrogen-bond acceptors (Lipinski definition) is 4. The van der Waals surface area contributed by atoms with Crippen LogP contribution in [0.15, 0.2) is 60.7 Å². The molecule has 0 saturated carbocycles. The summed E-state index contributed by atoms with van der Waals surface area (Å²) in [6.07, 6.45) is 0. The van der Waals surface area contributed by atoms with Crippen molar-refractivity contribution in [2.24, 2.45) is 0 Å². The lowest BCUT2D eigenvalue weighted by atomic mass is 10.1. The van der Waals surface area contributed by atoms with Gasteiger partial charge in [0.05, 0.1) is 23.0 Å². The molecular formula is C21H15N5O. The van der Waals surface area contributed by atoms with E-state index in [2.05, 4.69) is 26.6 Å². The second-order valence-electron chi connectivity index (χ2n) is 6.11. The summed E-state index contributed by atoms with van der Waals surface area (Å²) in [5, 5.41) is 19.9. The molecule has 0 atom stereocenters. The van der Waals surface area contributed by atoms with Gasteiger partial charge in [0.1, 0.15) is 0 Å². The molecule has 0 fully saturated rings. The number of benzene rings is 2. The Morgan fingerprint density at radius 1 is 1.00 bits per heavy atom. The summed E-state index contributed by atoms with van der Waals surface area (Å²) in [5.74, 6) is -0.103. The molecule has 0 aliphatic rings. The first-order chi connectivity index (χ1) is 13.1. The molecule has 1 amide bonds. The smallest absolute Gasteiger partial charge is 0.221 e. The van der Waals surface area contributed by atoms with Crippen LogP contribution < -0.4 is 5.32 Å². The van der Waals surface area contributed by atoms with Crippen LogP contribution in [-0.2, 0) is 4.79 Å². The average molecular weight is 353 g/mol. The van der Waals surface area contributed by atoms with Gasteiger partial charge in [-0.2, -0.15) is 10.4 Å². The van der Waals surface area contributed by atoms with Crippen LogP contribution in [0.5, 0.6) is 0 Å². The number of hydrogen-bond donors (Lipinski definition) is 2. The van der Waals surface area contributed by atoms with E-state index in [1.54, 1.807) is 12.1 Å². The first-order valence-electron chi connectivity index (χ1n) is 8.38. The zero-order valence-electron chi connectivity index (χ0n) is 14.5. The van der Waals surface area contributed by atoms with Crippen molar-refractivity contribution < 1.29 is 4.79 Å². The zero-order chi connectivity index (χ0) is 18.8. The van der Waals surface area contributed by atoms with Gasteiger partial charge < -0.3 is 5.32 Å². The van der Waals surface area contributed by atoms with Gasteiger partial charge in [-0.1, -0.05) is 24.3 Å². The van der Waals surface area contributed by atoms with Crippen molar-refractivity contribution in [2.75, 3.05) is 5.32 Å². The summed E-state index contributed by atoms with van der Waals surface area (Å²) < 4.78 is 0. The molecule has 130 valence electrons. The number of amides is 1. The third-order valence-electron chi connectivity index (χ3n) is 4.22. The Hall–Kier alpha value is -3.98. The van der Waals surface area contributed by atoms with E-state index in [4.69, 9.17) is 5.26 Å². The molecule has 27 heavy (non-hydrogen) atoms. The number of fused-ring (bicyclic) bond motifs is 1. The van der Waals surface area contributed by atoms with Gasteiger partial charge >= 0.3 is 0 Å². The monoisotopic (exact) mass is 353 g/mol. The maximum absolute atomic E-state index is 11.1. The van der Waals surface area contributed by atoms with Gasteiger partial charge in [0.15, 0.2) is 5.65 Å². The lowest BCUT2D eigenvalue weighted by molar-refractivity contribution is -0.114. The molecule has 0 radical (unpaired) electrons. The van der Waals surface area contributed by atoms with Crippen molar-refractivity contribution in [2.45, 2.75) is 6.92 Å². The van der Waals surface area contributed by atoms with Gasteiger partial charge in [-0.15, -0.1) is 0 Å². The largest absolute Gasteiger partial charge is 0.326 e. The van der Waals surface area contributed by atoms with Crippen molar-refractivity contribution >= 4 is 22.6 Å². The Kier molecular flexibility index (Phi) is 4.11. The minimum Gasteiger partial charge on any atom is -0.326 e. The van der Waals surface area contributed by atoms with E-state index in [1.165, 1.54) is 6.92 Å². The van der Waals surface area contributed by atoms with E-state index in [1.807, 2.05) is 48.5 Å². The SMILES string of the molecule is CC(=O)Nc1ccc(-c2ccc3c(-c4ccc(C#N)cc4)[nH]nc3n2)cc1. The van der Waals surface area contributed by atoms with E-state index in [0.717, 1.165) is 33.6 Å². The van der Waals surface area contributed by atoms with E-state index >= 15 is 0 Å². The minimum atomic E-state index is -0.103. The first-order valence-corrected chi connectivity index (χ1v) is 8.38. The second-order valence-corrected chi connectivity index (χ2v) is 6.11. The third kappa shape index (κ3) is 3.26. The Labute approximate surface area is 155 Å². The van der Waals surface area contributed by atoms with Crippen molar-refractivity contribution in [1.29, 1.82) is 5.26 Å². The van der Waals surface area contributed by atoms with Gasteiger partial charge in [0.25, 0.3) is 0 Å². The fourth-order valence-electron chi connectivity index (χ4n) is 2.92. The molecule has 0 aliphatic heterocycles. The minimum absolute atomic E-state index is 0.103. The number of aromatic amines is 1. The number of carbonyl (C=O) groups excluding carboxylic acids is 1. The number of nitrogens with one attached hydrogen (secondary N) is 2. The lowest BCUT2D eigenvalue weighted by Gasteiger charge is -2.05. The normalized spacial score (nSPS) is 10.5. The summed E-state index contributed by atoms with van der Waals surface area (Å²) in [5.41, 5.74) is 5.54. The Bertz CT molecular complexity index is 1170. The number of pyridine rings is 1. The molecule has 6 heteroatoms. The summed E-state index contributed by atoms with van der Waals surface area (Å²) >= 11 is 0. The number of anilines is 1.